The molecule has 0 N–H and O–H groups in total. The average Bonchev–Trinajstić information content (AvgIpc) is 2.75. The summed E-state index contributed by atoms with van der Waals surface area (Å²) in [5.74, 6) is -1.42. The summed E-state index contributed by atoms with van der Waals surface area (Å²) in [6.07, 6.45) is 0. The van der Waals surface area contributed by atoms with Crippen LogP contribution >= 0.6 is 0 Å². The lowest BCUT2D eigenvalue weighted by molar-refractivity contribution is -0.119. The van der Waals surface area contributed by atoms with E-state index in [-0.39, 0.29) is 17.3 Å². The largest absolute Gasteiger partial charge is 0.378 e. The van der Waals surface area contributed by atoms with Gasteiger partial charge in [-0.15, -0.1) is 0 Å². The predicted molar refractivity (Wildman–Crippen MR) is 83.6 cm³/mol. The monoisotopic (exact) mass is 338 g/mol. The van der Waals surface area contributed by atoms with Crippen LogP contribution in [0.3, 0.4) is 0 Å². The van der Waals surface area contributed by atoms with Gasteiger partial charge in [0.25, 0.3) is 5.91 Å². The molecule has 0 saturated carbocycles. The molecule has 0 radical (unpaired) electrons. The minimum Gasteiger partial charge on any atom is -0.378 e. The SMILES string of the molecule is C[C@@H]1CS(=O)(=O)N(c2cccc(C(=O)N3CCOCC3)c2)C1=O. The van der Waals surface area contributed by atoms with Gasteiger partial charge in [0, 0.05) is 18.7 Å². The minimum atomic E-state index is -3.67. The molecule has 3 rings (SSSR count). The maximum absolute atomic E-state index is 12.5. The minimum absolute atomic E-state index is 0.188. The molecular formula is C15H18N2O5S. The van der Waals surface area contributed by atoms with Gasteiger partial charge in [-0.25, -0.2) is 12.7 Å². The van der Waals surface area contributed by atoms with E-state index in [0.717, 1.165) is 4.31 Å². The number of hydrogen-bond donors (Lipinski definition) is 0. The number of morpholine rings is 1. The maximum atomic E-state index is 12.5. The van der Waals surface area contributed by atoms with Crippen LogP contribution in [-0.4, -0.2) is 57.2 Å². The predicted octanol–water partition coefficient (Wildman–Crippen LogP) is 0.472. The highest BCUT2D eigenvalue weighted by Gasteiger charge is 2.42. The van der Waals surface area contributed by atoms with Gasteiger partial charge in [0.05, 0.1) is 30.6 Å². The van der Waals surface area contributed by atoms with E-state index in [1.54, 1.807) is 24.0 Å². The molecule has 1 aromatic rings. The van der Waals surface area contributed by atoms with Gasteiger partial charge < -0.3 is 9.64 Å². The quantitative estimate of drug-likeness (QED) is 0.783. The smallest absolute Gasteiger partial charge is 0.254 e. The zero-order chi connectivity index (χ0) is 16.6. The Morgan fingerprint density at radius 2 is 1.96 bits per heavy atom. The van der Waals surface area contributed by atoms with E-state index in [1.165, 1.54) is 12.1 Å². The third-order valence-electron chi connectivity index (χ3n) is 3.99. The summed E-state index contributed by atoms with van der Waals surface area (Å²) in [5.41, 5.74) is 0.588. The lowest BCUT2D eigenvalue weighted by atomic mass is 10.1. The Bertz CT molecular complexity index is 740. The van der Waals surface area contributed by atoms with Crippen molar-refractivity contribution >= 4 is 27.5 Å². The second-order valence-corrected chi connectivity index (χ2v) is 7.60. The lowest BCUT2D eigenvalue weighted by Gasteiger charge is -2.27. The molecule has 8 heteroatoms. The molecule has 0 spiro atoms. The van der Waals surface area contributed by atoms with Gasteiger partial charge in [0.1, 0.15) is 0 Å². The number of nitrogens with zero attached hydrogens (tertiary/aromatic N) is 2. The molecule has 23 heavy (non-hydrogen) atoms. The summed E-state index contributed by atoms with van der Waals surface area (Å²) in [4.78, 5) is 26.3. The fourth-order valence-electron chi connectivity index (χ4n) is 2.80. The number of amides is 2. The van der Waals surface area contributed by atoms with Crippen molar-refractivity contribution in [3.63, 3.8) is 0 Å². The second kappa shape index (κ2) is 5.93. The van der Waals surface area contributed by atoms with E-state index < -0.39 is 21.8 Å². The third-order valence-corrected chi connectivity index (χ3v) is 5.85. The molecule has 2 aliphatic rings. The number of ether oxygens (including phenoxy) is 1. The first-order valence-electron chi connectivity index (χ1n) is 7.44. The van der Waals surface area contributed by atoms with Crippen LogP contribution in [0.5, 0.6) is 0 Å². The van der Waals surface area contributed by atoms with Crippen molar-refractivity contribution in [3.05, 3.63) is 29.8 Å². The van der Waals surface area contributed by atoms with Gasteiger partial charge in [0.15, 0.2) is 0 Å². The Kier molecular flexibility index (Phi) is 4.11. The van der Waals surface area contributed by atoms with Crippen LogP contribution in [0.1, 0.15) is 17.3 Å². The van der Waals surface area contributed by atoms with Crippen LogP contribution in [0.4, 0.5) is 5.69 Å². The van der Waals surface area contributed by atoms with Crippen molar-refractivity contribution in [2.75, 3.05) is 36.4 Å². The Balaban J connectivity index is 1.91. The molecule has 1 atom stereocenters. The second-order valence-electron chi connectivity index (χ2n) is 5.74. The summed E-state index contributed by atoms with van der Waals surface area (Å²) >= 11 is 0. The molecule has 0 aromatic heterocycles. The number of hydrogen-bond acceptors (Lipinski definition) is 5. The molecule has 0 unspecified atom stereocenters. The summed E-state index contributed by atoms with van der Waals surface area (Å²) in [6.45, 7) is 3.56. The molecule has 7 nitrogen and oxygen atoms in total. The van der Waals surface area contributed by atoms with Gasteiger partial charge in [0.2, 0.25) is 15.9 Å². The van der Waals surface area contributed by atoms with E-state index in [1.807, 2.05) is 0 Å². The number of carbonyl (C=O) groups excluding carboxylic acids is 2. The first-order chi connectivity index (χ1) is 10.9. The molecule has 2 heterocycles. The van der Waals surface area contributed by atoms with E-state index in [9.17, 15) is 18.0 Å². The summed E-state index contributed by atoms with van der Waals surface area (Å²) < 4.78 is 30.3. The number of carbonyl (C=O) groups is 2. The lowest BCUT2D eigenvalue weighted by Crippen LogP contribution is -2.40. The van der Waals surface area contributed by atoms with Crippen LogP contribution in [0, 0.1) is 5.92 Å². The van der Waals surface area contributed by atoms with Crippen molar-refractivity contribution in [1.82, 2.24) is 4.90 Å². The highest BCUT2D eigenvalue weighted by molar-refractivity contribution is 7.94. The van der Waals surface area contributed by atoms with Gasteiger partial charge in [-0.1, -0.05) is 13.0 Å². The molecule has 124 valence electrons. The molecule has 0 aliphatic carbocycles. The fraction of sp³-hybridized carbons (Fsp3) is 0.467. The number of sulfonamides is 1. The van der Waals surface area contributed by atoms with Crippen LogP contribution < -0.4 is 4.31 Å². The normalized spacial score (nSPS) is 24.0. The molecule has 2 fully saturated rings. The zero-order valence-corrected chi connectivity index (χ0v) is 13.6. The van der Waals surface area contributed by atoms with Gasteiger partial charge in [-0.05, 0) is 18.2 Å². The molecule has 1 aromatic carbocycles. The first-order valence-corrected chi connectivity index (χ1v) is 9.05. The van der Waals surface area contributed by atoms with Crippen molar-refractivity contribution in [1.29, 1.82) is 0 Å². The summed E-state index contributed by atoms with van der Waals surface area (Å²) in [7, 11) is -3.67. The van der Waals surface area contributed by atoms with Gasteiger partial charge in [-0.2, -0.15) is 0 Å². The first kappa shape index (κ1) is 15.9. The van der Waals surface area contributed by atoms with Gasteiger partial charge >= 0.3 is 0 Å². The van der Waals surface area contributed by atoms with E-state index in [2.05, 4.69) is 0 Å². The van der Waals surface area contributed by atoms with Crippen molar-refractivity contribution in [2.24, 2.45) is 5.92 Å². The van der Waals surface area contributed by atoms with Crippen LogP contribution in [0.2, 0.25) is 0 Å². The number of benzene rings is 1. The van der Waals surface area contributed by atoms with E-state index in [4.69, 9.17) is 4.74 Å². The summed E-state index contributed by atoms with van der Waals surface area (Å²) in [5, 5.41) is 0. The molecule has 2 amide bonds. The van der Waals surface area contributed by atoms with Gasteiger partial charge in [-0.3, -0.25) is 9.59 Å². The number of anilines is 1. The average molecular weight is 338 g/mol. The Labute approximate surface area is 134 Å². The fourth-order valence-corrected chi connectivity index (χ4v) is 4.61. The Hall–Kier alpha value is -1.93. The topological polar surface area (TPSA) is 84.0 Å². The number of rotatable bonds is 2. The van der Waals surface area contributed by atoms with Crippen molar-refractivity contribution in [3.8, 4) is 0 Å². The highest BCUT2D eigenvalue weighted by Crippen LogP contribution is 2.29. The Morgan fingerprint density at radius 3 is 2.57 bits per heavy atom. The molecule has 2 saturated heterocycles. The van der Waals surface area contributed by atoms with E-state index in [0.29, 0.717) is 31.9 Å². The highest BCUT2D eigenvalue weighted by atomic mass is 32.2. The Morgan fingerprint density at radius 1 is 1.26 bits per heavy atom. The van der Waals surface area contributed by atoms with Crippen LogP contribution in [0.15, 0.2) is 24.3 Å². The molecule has 0 bridgehead atoms. The van der Waals surface area contributed by atoms with Crippen LogP contribution in [0.25, 0.3) is 0 Å². The third kappa shape index (κ3) is 2.96. The van der Waals surface area contributed by atoms with Crippen molar-refractivity contribution in [2.45, 2.75) is 6.92 Å². The molecule has 2 aliphatic heterocycles. The molecular weight excluding hydrogens is 320 g/mol. The van der Waals surface area contributed by atoms with Crippen molar-refractivity contribution < 1.29 is 22.7 Å². The summed E-state index contributed by atoms with van der Waals surface area (Å²) in [6, 6.07) is 6.21. The zero-order valence-electron chi connectivity index (χ0n) is 12.8. The van der Waals surface area contributed by atoms with Crippen LogP contribution in [-0.2, 0) is 19.6 Å². The standard InChI is InChI=1S/C15H18N2O5S/c1-11-10-23(20,21)17(14(11)18)13-4-2-3-12(9-13)15(19)16-5-7-22-8-6-16/h2-4,9,11H,5-8,10H2,1H3/t11-/m1/s1. The van der Waals surface area contributed by atoms with E-state index >= 15 is 0 Å². The maximum Gasteiger partial charge on any atom is 0.254 e.